The molecule has 0 atom stereocenters. The van der Waals surface area contributed by atoms with Gasteiger partial charge in [-0.3, -0.25) is 0 Å². The van der Waals surface area contributed by atoms with Gasteiger partial charge in [-0.05, 0) is 85.1 Å². The summed E-state index contributed by atoms with van der Waals surface area (Å²) < 4.78 is 15.4. The Hall–Kier alpha value is -2.59. The molecule has 0 heterocycles. The van der Waals surface area contributed by atoms with Crippen LogP contribution in [-0.4, -0.2) is 0 Å². The van der Waals surface area contributed by atoms with Crippen LogP contribution in [-0.2, 0) is 6.42 Å². The third kappa shape index (κ3) is 8.20. The first-order chi connectivity index (χ1) is 18.7. The van der Waals surface area contributed by atoms with Crippen molar-refractivity contribution in [3.8, 4) is 11.8 Å². The van der Waals surface area contributed by atoms with E-state index in [0.717, 1.165) is 23.3 Å². The van der Waals surface area contributed by atoms with Crippen molar-refractivity contribution in [2.75, 3.05) is 0 Å². The van der Waals surface area contributed by atoms with Crippen LogP contribution in [0.25, 0.3) is 10.8 Å². The third-order valence-corrected chi connectivity index (χ3v) is 8.63. The van der Waals surface area contributed by atoms with Crippen LogP contribution in [0.5, 0.6) is 0 Å². The molecule has 0 unspecified atom stereocenters. The molecule has 0 bridgehead atoms. The second-order valence-electron chi connectivity index (χ2n) is 11.6. The Balaban J connectivity index is 1.34. The zero-order valence-corrected chi connectivity index (χ0v) is 23.8. The highest BCUT2D eigenvalue weighted by atomic mass is 19.1. The van der Waals surface area contributed by atoms with E-state index in [1.165, 1.54) is 101 Å². The maximum Gasteiger partial charge on any atom is 0.146 e. The number of halogens is 1. The first-order valence-electron chi connectivity index (χ1n) is 15.5. The van der Waals surface area contributed by atoms with Crippen molar-refractivity contribution in [3.05, 3.63) is 82.7 Å². The van der Waals surface area contributed by atoms with Gasteiger partial charge in [-0.1, -0.05) is 120 Å². The standard InChI is InChI=1S/C37H47F/c1-3-5-7-9-11-13-30-18-21-32(22-19-30)34-26-27-36-35(28-34)25-24-33(37(36)38)23-20-31-16-14-29(15-17-31)12-10-8-6-4-2/h14-17,24-28,30,32H,3-13,18-19,21-22H2,1-2H3. The fourth-order valence-corrected chi connectivity index (χ4v) is 6.13. The minimum absolute atomic E-state index is 0.194. The molecule has 3 aromatic carbocycles. The van der Waals surface area contributed by atoms with Crippen LogP contribution in [0, 0.1) is 23.6 Å². The molecule has 3 aromatic rings. The van der Waals surface area contributed by atoms with Gasteiger partial charge in [0.15, 0.2) is 0 Å². The van der Waals surface area contributed by atoms with Gasteiger partial charge < -0.3 is 0 Å². The maximum atomic E-state index is 15.4. The van der Waals surface area contributed by atoms with Crippen LogP contribution in [0.1, 0.15) is 132 Å². The summed E-state index contributed by atoms with van der Waals surface area (Å²) in [5.41, 5.74) is 4.16. The highest BCUT2D eigenvalue weighted by molar-refractivity contribution is 5.85. The molecule has 0 nitrogen and oxygen atoms in total. The van der Waals surface area contributed by atoms with E-state index in [2.05, 4.69) is 62.1 Å². The summed E-state index contributed by atoms with van der Waals surface area (Å²) in [7, 11) is 0. The normalized spacial score (nSPS) is 17.3. The molecule has 4 rings (SSSR count). The van der Waals surface area contributed by atoms with E-state index in [1.807, 2.05) is 18.2 Å². The Kier molecular flexibility index (Phi) is 11.3. The van der Waals surface area contributed by atoms with Gasteiger partial charge in [0.05, 0.1) is 5.56 Å². The summed E-state index contributed by atoms with van der Waals surface area (Å²) in [6.45, 7) is 4.53. The lowest BCUT2D eigenvalue weighted by molar-refractivity contribution is 0.302. The molecule has 1 heteroatoms. The molecule has 0 spiro atoms. The lowest BCUT2D eigenvalue weighted by atomic mass is 9.76. The lowest BCUT2D eigenvalue weighted by Crippen LogP contribution is -2.13. The van der Waals surface area contributed by atoms with Gasteiger partial charge in [-0.15, -0.1) is 0 Å². The molecular formula is C37H47F. The molecule has 0 N–H and O–H groups in total. The Bertz CT molecular complexity index is 1190. The highest BCUT2D eigenvalue weighted by Gasteiger charge is 2.22. The number of hydrogen-bond acceptors (Lipinski definition) is 0. The van der Waals surface area contributed by atoms with Gasteiger partial charge in [0.2, 0.25) is 0 Å². The molecular weight excluding hydrogens is 463 g/mol. The van der Waals surface area contributed by atoms with Crippen LogP contribution >= 0.6 is 0 Å². The lowest BCUT2D eigenvalue weighted by Gasteiger charge is -2.29. The van der Waals surface area contributed by atoms with E-state index in [0.29, 0.717) is 16.9 Å². The van der Waals surface area contributed by atoms with E-state index in [1.54, 1.807) is 0 Å². The van der Waals surface area contributed by atoms with Crippen LogP contribution < -0.4 is 0 Å². The third-order valence-electron chi connectivity index (χ3n) is 8.63. The number of unbranched alkanes of at least 4 members (excludes halogenated alkanes) is 7. The van der Waals surface area contributed by atoms with Crippen LogP contribution in [0.2, 0.25) is 0 Å². The summed E-state index contributed by atoms with van der Waals surface area (Å²) in [4.78, 5) is 0. The molecule has 0 aliphatic heterocycles. The molecule has 202 valence electrons. The van der Waals surface area contributed by atoms with Gasteiger partial charge in [-0.2, -0.15) is 0 Å². The Morgan fingerprint density at radius 1 is 0.711 bits per heavy atom. The number of aryl methyl sites for hydroxylation is 1. The summed E-state index contributed by atoms with van der Waals surface area (Å²) in [5, 5.41) is 1.68. The average molecular weight is 511 g/mol. The number of fused-ring (bicyclic) bond motifs is 1. The number of benzene rings is 3. The minimum atomic E-state index is -0.194. The van der Waals surface area contributed by atoms with Crippen molar-refractivity contribution in [1.82, 2.24) is 0 Å². The van der Waals surface area contributed by atoms with Crippen molar-refractivity contribution in [3.63, 3.8) is 0 Å². The van der Waals surface area contributed by atoms with Crippen molar-refractivity contribution < 1.29 is 4.39 Å². The van der Waals surface area contributed by atoms with Crippen LogP contribution in [0.4, 0.5) is 4.39 Å². The maximum absolute atomic E-state index is 15.4. The van der Waals surface area contributed by atoms with Crippen molar-refractivity contribution in [2.45, 2.75) is 116 Å². The largest absolute Gasteiger partial charge is 0.205 e. The zero-order chi connectivity index (χ0) is 26.6. The van der Waals surface area contributed by atoms with Crippen molar-refractivity contribution >= 4 is 10.8 Å². The smallest absolute Gasteiger partial charge is 0.146 e. The number of hydrogen-bond donors (Lipinski definition) is 0. The van der Waals surface area contributed by atoms with Crippen molar-refractivity contribution in [2.24, 2.45) is 5.92 Å². The number of rotatable bonds is 12. The Labute approximate surface area is 231 Å². The molecule has 1 aliphatic carbocycles. The first-order valence-corrected chi connectivity index (χ1v) is 15.5. The van der Waals surface area contributed by atoms with Crippen molar-refractivity contribution in [1.29, 1.82) is 0 Å². The van der Waals surface area contributed by atoms with E-state index in [-0.39, 0.29) is 5.82 Å². The predicted octanol–water partition coefficient (Wildman–Crippen LogP) is 11.1. The zero-order valence-electron chi connectivity index (χ0n) is 23.8. The molecule has 1 fully saturated rings. The van der Waals surface area contributed by atoms with Gasteiger partial charge in [0.1, 0.15) is 5.82 Å². The molecule has 0 saturated heterocycles. The second-order valence-corrected chi connectivity index (χ2v) is 11.6. The fourth-order valence-electron chi connectivity index (χ4n) is 6.13. The van der Waals surface area contributed by atoms with E-state index < -0.39 is 0 Å². The topological polar surface area (TPSA) is 0 Å². The Morgan fingerprint density at radius 2 is 1.42 bits per heavy atom. The van der Waals surface area contributed by atoms with E-state index in [9.17, 15) is 0 Å². The molecule has 1 saturated carbocycles. The summed E-state index contributed by atoms with van der Waals surface area (Å²) in [6.07, 6.45) is 19.8. The van der Waals surface area contributed by atoms with Crippen LogP contribution in [0.15, 0.2) is 54.6 Å². The predicted molar refractivity (Wildman–Crippen MR) is 162 cm³/mol. The summed E-state index contributed by atoms with van der Waals surface area (Å²) >= 11 is 0. The molecule has 0 amide bonds. The highest BCUT2D eigenvalue weighted by Crippen LogP contribution is 2.39. The van der Waals surface area contributed by atoms with E-state index in [4.69, 9.17) is 0 Å². The van der Waals surface area contributed by atoms with Gasteiger partial charge >= 0.3 is 0 Å². The van der Waals surface area contributed by atoms with Crippen LogP contribution in [0.3, 0.4) is 0 Å². The van der Waals surface area contributed by atoms with Gasteiger partial charge in [-0.25, -0.2) is 4.39 Å². The summed E-state index contributed by atoms with van der Waals surface area (Å²) in [5.74, 6) is 7.59. The quantitative estimate of drug-likeness (QED) is 0.168. The first kappa shape index (κ1) is 28.4. The SMILES string of the molecule is CCCCCCCC1CCC(c2ccc3c(F)c(C#Cc4ccc(CCCCCC)cc4)ccc3c2)CC1. The van der Waals surface area contributed by atoms with Gasteiger partial charge in [0.25, 0.3) is 0 Å². The minimum Gasteiger partial charge on any atom is -0.205 e. The molecule has 0 aromatic heterocycles. The fraction of sp³-hybridized carbons (Fsp3) is 0.514. The molecule has 0 radical (unpaired) electrons. The molecule has 38 heavy (non-hydrogen) atoms. The van der Waals surface area contributed by atoms with Gasteiger partial charge in [0, 0.05) is 10.9 Å². The molecule has 1 aliphatic rings. The average Bonchev–Trinajstić information content (AvgIpc) is 2.96. The summed E-state index contributed by atoms with van der Waals surface area (Å²) in [6, 6.07) is 18.7. The monoisotopic (exact) mass is 510 g/mol. The Morgan fingerprint density at radius 3 is 2.16 bits per heavy atom. The second kappa shape index (κ2) is 15.1. The van der Waals surface area contributed by atoms with E-state index >= 15 is 4.39 Å².